The predicted molar refractivity (Wildman–Crippen MR) is 86.7 cm³/mol. The lowest BCUT2D eigenvalue weighted by atomic mass is 10.2. The van der Waals surface area contributed by atoms with E-state index in [1.807, 2.05) is 30.3 Å². The van der Waals surface area contributed by atoms with Crippen molar-refractivity contribution in [1.82, 2.24) is 9.97 Å². The molecule has 0 amide bonds. The van der Waals surface area contributed by atoms with Crippen LogP contribution in [0.15, 0.2) is 42.5 Å². The summed E-state index contributed by atoms with van der Waals surface area (Å²) in [5, 5.41) is 0. The molecule has 3 nitrogen and oxygen atoms in total. The van der Waals surface area contributed by atoms with Gasteiger partial charge in [-0.1, -0.05) is 31.5 Å². The van der Waals surface area contributed by atoms with Gasteiger partial charge in [0.25, 0.3) is 0 Å². The molecule has 2 aromatic carbocycles. The summed E-state index contributed by atoms with van der Waals surface area (Å²) in [5.41, 5.74) is 4.29. The minimum Gasteiger partial charge on any atom is -0.493 e. The maximum Gasteiger partial charge on any atom is 0.142 e. The highest BCUT2D eigenvalue weighted by atomic mass is 16.5. The molecule has 1 heterocycles. The summed E-state index contributed by atoms with van der Waals surface area (Å²) in [6, 6.07) is 14.3. The van der Waals surface area contributed by atoms with E-state index in [9.17, 15) is 0 Å². The van der Waals surface area contributed by atoms with E-state index in [1.54, 1.807) is 0 Å². The summed E-state index contributed by atoms with van der Waals surface area (Å²) in [6.45, 7) is 4.99. The number of fused-ring (bicyclic) bond motifs is 1. The van der Waals surface area contributed by atoms with Crippen molar-refractivity contribution in [2.45, 2.75) is 26.7 Å². The number of para-hydroxylation sites is 1. The van der Waals surface area contributed by atoms with E-state index in [2.05, 4.69) is 35.9 Å². The molecular weight excluding hydrogens is 260 g/mol. The highest BCUT2D eigenvalue weighted by Gasteiger charge is 2.10. The number of rotatable bonds is 5. The predicted octanol–water partition coefficient (Wildman–Crippen LogP) is 4.72. The third-order valence-corrected chi connectivity index (χ3v) is 3.54. The van der Waals surface area contributed by atoms with Crippen LogP contribution in [0.2, 0.25) is 0 Å². The van der Waals surface area contributed by atoms with E-state index in [-0.39, 0.29) is 0 Å². The van der Waals surface area contributed by atoms with Gasteiger partial charge in [-0.05, 0) is 43.2 Å². The topological polar surface area (TPSA) is 37.9 Å². The number of aryl methyl sites for hydroxylation is 1. The van der Waals surface area contributed by atoms with Crippen molar-refractivity contribution in [3.63, 3.8) is 0 Å². The smallest absolute Gasteiger partial charge is 0.142 e. The van der Waals surface area contributed by atoms with Crippen LogP contribution < -0.4 is 4.74 Å². The Balaban J connectivity index is 1.97. The average Bonchev–Trinajstić information content (AvgIpc) is 2.91. The lowest BCUT2D eigenvalue weighted by Crippen LogP contribution is -1.98. The van der Waals surface area contributed by atoms with E-state index in [1.165, 1.54) is 5.56 Å². The lowest BCUT2D eigenvalue weighted by Gasteiger charge is -2.09. The Kier molecular flexibility index (Phi) is 3.91. The molecule has 0 aliphatic rings. The van der Waals surface area contributed by atoms with Crippen LogP contribution >= 0.6 is 0 Å². The fraction of sp³-hybridized carbons (Fsp3) is 0.278. The Bertz CT molecular complexity index is 746. The van der Waals surface area contributed by atoms with Crippen LogP contribution in [-0.4, -0.2) is 16.6 Å². The van der Waals surface area contributed by atoms with Gasteiger partial charge < -0.3 is 9.72 Å². The zero-order chi connectivity index (χ0) is 14.7. The van der Waals surface area contributed by atoms with Gasteiger partial charge in [0, 0.05) is 0 Å². The first-order valence-electron chi connectivity index (χ1n) is 7.46. The summed E-state index contributed by atoms with van der Waals surface area (Å²) in [6.07, 6.45) is 2.19. The Hall–Kier alpha value is -2.29. The highest BCUT2D eigenvalue weighted by Crippen LogP contribution is 2.29. The number of aromatic amines is 1. The Morgan fingerprint density at radius 3 is 2.86 bits per heavy atom. The number of aromatic nitrogens is 2. The number of nitrogens with zero attached hydrogens (tertiary/aromatic N) is 1. The zero-order valence-electron chi connectivity index (χ0n) is 12.5. The maximum atomic E-state index is 5.89. The van der Waals surface area contributed by atoms with Gasteiger partial charge in [0.1, 0.15) is 11.6 Å². The molecular formula is C18H20N2O. The van der Waals surface area contributed by atoms with Crippen molar-refractivity contribution in [3.8, 4) is 17.1 Å². The molecule has 3 rings (SSSR count). The minimum atomic E-state index is 0.743. The molecule has 0 aliphatic carbocycles. The molecule has 3 heteroatoms. The number of hydrogen-bond acceptors (Lipinski definition) is 2. The lowest BCUT2D eigenvalue weighted by molar-refractivity contribution is 0.310. The molecule has 1 N–H and O–H groups in total. The molecule has 0 atom stereocenters. The van der Waals surface area contributed by atoms with Crippen LogP contribution in [-0.2, 0) is 0 Å². The van der Waals surface area contributed by atoms with Gasteiger partial charge in [-0.15, -0.1) is 0 Å². The molecule has 0 spiro atoms. The third-order valence-electron chi connectivity index (χ3n) is 3.54. The Morgan fingerprint density at radius 2 is 2.00 bits per heavy atom. The van der Waals surface area contributed by atoms with Crippen molar-refractivity contribution < 1.29 is 4.74 Å². The van der Waals surface area contributed by atoms with Crippen molar-refractivity contribution in [3.05, 3.63) is 48.0 Å². The zero-order valence-corrected chi connectivity index (χ0v) is 12.5. The summed E-state index contributed by atoms with van der Waals surface area (Å²) in [5.74, 6) is 1.75. The number of ether oxygens (including phenoxy) is 1. The van der Waals surface area contributed by atoms with Gasteiger partial charge >= 0.3 is 0 Å². The third kappa shape index (κ3) is 2.92. The monoisotopic (exact) mass is 280 g/mol. The number of imidazole rings is 1. The Labute approximate surface area is 125 Å². The fourth-order valence-electron chi connectivity index (χ4n) is 2.37. The van der Waals surface area contributed by atoms with E-state index in [4.69, 9.17) is 4.74 Å². The second-order valence-electron chi connectivity index (χ2n) is 5.30. The van der Waals surface area contributed by atoms with Crippen molar-refractivity contribution in [2.75, 3.05) is 6.61 Å². The van der Waals surface area contributed by atoms with Crippen LogP contribution in [0.3, 0.4) is 0 Å². The fourth-order valence-corrected chi connectivity index (χ4v) is 2.37. The summed E-state index contributed by atoms with van der Waals surface area (Å²) in [7, 11) is 0. The largest absolute Gasteiger partial charge is 0.493 e. The number of nitrogens with one attached hydrogen (secondary N) is 1. The summed E-state index contributed by atoms with van der Waals surface area (Å²) >= 11 is 0. The van der Waals surface area contributed by atoms with Crippen LogP contribution in [0.4, 0.5) is 0 Å². The molecule has 1 aromatic heterocycles. The second kappa shape index (κ2) is 6.00. The first-order valence-corrected chi connectivity index (χ1v) is 7.46. The maximum absolute atomic E-state index is 5.89. The van der Waals surface area contributed by atoms with Gasteiger partial charge in [0.15, 0.2) is 0 Å². The van der Waals surface area contributed by atoms with Gasteiger partial charge in [-0.25, -0.2) is 4.98 Å². The van der Waals surface area contributed by atoms with Gasteiger partial charge in [0.05, 0.1) is 23.2 Å². The molecule has 0 unspecified atom stereocenters. The number of H-pyrrole nitrogens is 1. The molecule has 0 saturated carbocycles. The van der Waals surface area contributed by atoms with Gasteiger partial charge in [0.2, 0.25) is 0 Å². The van der Waals surface area contributed by atoms with Gasteiger partial charge in [-0.3, -0.25) is 0 Å². The SMILES string of the molecule is CCCCOc1ccccc1-c1nc2ccc(C)cc2[nH]1. The standard InChI is InChI=1S/C18H20N2O/c1-3-4-11-21-17-8-6-5-7-14(17)18-19-15-10-9-13(2)12-16(15)20-18/h5-10,12H,3-4,11H2,1-2H3,(H,19,20). The molecule has 0 bridgehead atoms. The number of benzene rings is 2. The minimum absolute atomic E-state index is 0.743. The molecule has 0 radical (unpaired) electrons. The average molecular weight is 280 g/mol. The number of hydrogen-bond donors (Lipinski definition) is 1. The van der Waals surface area contributed by atoms with Crippen LogP contribution in [0, 0.1) is 6.92 Å². The van der Waals surface area contributed by atoms with E-state index in [0.717, 1.165) is 47.6 Å². The van der Waals surface area contributed by atoms with E-state index in [0.29, 0.717) is 0 Å². The quantitative estimate of drug-likeness (QED) is 0.687. The molecule has 21 heavy (non-hydrogen) atoms. The molecule has 3 aromatic rings. The Morgan fingerprint density at radius 1 is 1.14 bits per heavy atom. The van der Waals surface area contributed by atoms with Crippen molar-refractivity contribution >= 4 is 11.0 Å². The first-order chi connectivity index (χ1) is 10.3. The normalized spacial score (nSPS) is 11.0. The van der Waals surface area contributed by atoms with Crippen LogP contribution in [0.1, 0.15) is 25.3 Å². The van der Waals surface area contributed by atoms with Crippen LogP contribution in [0.5, 0.6) is 5.75 Å². The first kappa shape index (κ1) is 13.7. The molecule has 0 aliphatic heterocycles. The van der Waals surface area contributed by atoms with E-state index < -0.39 is 0 Å². The molecule has 0 fully saturated rings. The van der Waals surface area contributed by atoms with Gasteiger partial charge in [-0.2, -0.15) is 0 Å². The van der Waals surface area contributed by atoms with Crippen molar-refractivity contribution in [1.29, 1.82) is 0 Å². The second-order valence-corrected chi connectivity index (χ2v) is 5.30. The highest BCUT2D eigenvalue weighted by molar-refractivity contribution is 5.81. The number of unbranched alkanes of at least 4 members (excludes halogenated alkanes) is 1. The van der Waals surface area contributed by atoms with Crippen LogP contribution in [0.25, 0.3) is 22.4 Å². The molecule has 0 saturated heterocycles. The molecule has 108 valence electrons. The summed E-state index contributed by atoms with van der Waals surface area (Å²) in [4.78, 5) is 8.07. The summed E-state index contributed by atoms with van der Waals surface area (Å²) < 4.78 is 5.89. The van der Waals surface area contributed by atoms with Crippen molar-refractivity contribution in [2.24, 2.45) is 0 Å². The van der Waals surface area contributed by atoms with E-state index >= 15 is 0 Å².